The van der Waals surface area contributed by atoms with E-state index in [0.717, 1.165) is 11.8 Å². The van der Waals surface area contributed by atoms with E-state index in [1.165, 1.54) is 12.1 Å². The lowest BCUT2D eigenvalue weighted by Gasteiger charge is -2.21. The minimum Gasteiger partial charge on any atom is -0.453 e. The number of carbonyl (C=O) groups excluding carboxylic acids is 3. The molecule has 2 rings (SSSR count). The van der Waals surface area contributed by atoms with E-state index in [0.29, 0.717) is 0 Å². The number of hydrogen-bond acceptors (Lipinski definition) is 4. The zero-order chi connectivity index (χ0) is 17.2. The van der Waals surface area contributed by atoms with Gasteiger partial charge in [0.05, 0.1) is 11.1 Å². The van der Waals surface area contributed by atoms with E-state index in [2.05, 4.69) is 4.74 Å². The molecule has 1 aromatic carbocycles. The summed E-state index contributed by atoms with van der Waals surface area (Å²) in [5.41, 5.74) is 0.481. The van der Waals surface area contributed by atoms with E-state index < -0.39 is 36.5 Å². The Kier molecular flexibility index (Phi) is 4.72. The second-order valence-corrected chi connectivity index (χ2v) is 5.09. The predicted molar refractivity (Wildman–Crippen MR) is 72.7 cm³/mol. The van der Waals surface area contributed by atoms with Crippen molar-refractivity contribution in [1.29, 1.82) is 0 Å². The van der Waals surface area contributed by atoms with Gasteiger partial charge in [0.25, 0.3) is 11.8 Å². The summed E-state index contributed by atoms with van der Waals surface area (Å²) in [5, 5.41) is 0. The van der Waals surface area contributed by atoms with Crippen molar-refractivity contribution in [1.82, 2.24) is 4.90 Å². The van der Waals surface area contributed by atoms with Crippen molar-refractivity contribution in [2.75, 3.05) is 6.54 Å². The van der Waals surface area contributed by atoms with Gasteiger partial charge in [0.15, 0.2) is 6.10 Å². The predicted octanol–water partition coefficient (Wildman–Crippen LogP) is 2.56. The maximum atomic E-state index is 12.7. The van der Waals surface area contributed by atoms with E-state index in [9.17, 15) is 27.6 Å². The molecule has 0 bridgehead atoms. The zero-order valence-electron chi connectivity index (χ0n) is 12.2. The van der Waals surface area contributed by atoms with Crippen LogP contribution in [0.3, 0.4) is 0 Å². The number of nitrogens with zero attached hydrogens (tertiary/aromatic N) is 1. The lowest BCUT2D eigenvalue weighted by Crippen LogP contribution is -2.35. The minimum absolute atomic E-state index is 0.122. The van der Waals surface area contributed by atoms with Crippen LogP contribution < -0.4 is 0 Å². The fourth-order valence-corrected chi connectivity index (χ4v) is 2.37. The highest BCUT2D eigenvalue weighted by Crippen LogP contribution is 2.28. The first-order valence-corrected chi connectivity index (χ1v) is 6.91. The van der Waals surface area contributed by atoms with Crippen molar-refractivity contribution < 1.29 is 32.3 Å². The Balaban J connectivity index is 1.98. The Morgan fingerprint density at radius 2 is 1.70 bits per heavy atom. The fourth-order valence-electron chi connectivity index (χ4n) is 2.37. The number of hydrogen-bond donors (Lipinski definition) is 0. The Bertz CT molecular complexity index is 607. The van der Waals surface area contributed by atoms with Crippen molar-refractivity contribution in [3.05, 3.63) is 35.4 Å². The van der Waals surface area contributed by atoms with Gasteiger partial charge in [-0.1, -0.05) is 12.1 Å². The second kappa shape index (κ2) is 6.39. The fraction of sp³-hybridized carbons (Fsp3) is 0.400. The molecule has 0 aromatic heterocycles. The first-order chi connectivity index (χ1) is 10.7. The highest BCUT2D eigenvalue weighted by atomic mass is 19.4. The number of esters is 1. The highest BCUT2D eigenvalue weighted by molar-refractivity contribution is 6.21. The highest BCUT2D eigenvalue weighted by Gasteiger charge is 2.42. The molecule has 0 aliphatic carbocycles. The number of fused-ring (bicyclic) bond motifs is 1. The van der Waals surface area contributed by atoms with Crippen molar-refractivity contribution >= 4 is 17.8 Å². The third-order valence-electron chi connectivity index (χ3n) is 3.40. The van der Waals surface area contributed by atoms with Gasteiger partial charge < -0.3 is 4.74 Å². The molecule has 0 spiro atoms. The van der Waals surface area contributed by atoms with Gasteiger partial charge in [-0.15, -0.1) is 0 Å². The number of ether oxygens (including phenoxy) is 1. The van der Waals surface area contributed by atoms with Crippen LogP contribution in [0.5, 0.6) is 0 Å². The lowest BCUT2D eigenvalue weighted by atomic mass is 10.1. The Morgan fingerprint density at radius 3 is 2.13 bits per heavy atom. The van der Waals surface area contributed by atoms with Gasteiger partial charge in [-0.25, -0.2) is 0 Å². The van der Waals surface area contributed by atoms with E-state index in [1.807, 2.05) is 0 Å². The Morgan fingerprint density at radius 1 is 1.17 bits per heavy atom. The van der Waals surface area contributed by atoms with E-state index in [1.54, 1.807) is 12.1 Å². The summed E-state index contributed by atoms with van der Waals surface area (Å²) >= 11 is 0. The Labute approximate surface area is 130 Å². The summed E-state index contributed by atoms with van der Waals surface area (Å²) < 4.78 is 42.4. The van der Waals surface area contributed by atoms with Crippen LogP contribution in [-0.4, -0.2) is 41.5 Å². The van der Waals surface area contributed by atoms with E-state index >= 15 is 0 Å². The summed E-state index contributed by atoms with van der Waals surface area (Å²) in [6.07, 6.45) is -7.57. The van der Waals surface area contributed by atoms with Crippen molar-refractivity contribution in [3.8, 4) is 0 Å². The van der Waals surface area contributed by atoms with Crippen molar-refractivity contribution in [2.24, 2.45) is 0 Å². The van der Waals surface area contributed by atoms with Gasteiger partial charge in [-0.05, 0) is 25.0 Å². The molecule has 0 saturated heterocycles. The van der Waals surface area contributed by atoms with Crippen LogP contribution >= 0.6 is 0 Å². The van der Waals surface area contributed by atoms with Crippen molar-refractivity contribution in [3.63, 3.8) is 0 Å². The third kappa shape index (κ3) is 3.69. The number of amides is 2. The van der Waals surface area contributed by atoms with Gasteiger partial charge >= 0.3 is 12.1 Å². The van der Waals surface area contributed by atoms with Gasteiger partial charge in [0.2, 0.25) is 0 Å². The molecule has 2 amide bonds. The van der Waals surface area contributed by atoms with Gasteiger partial charge in [-0.2, -0.15) is 13.2 Å². The molecule has 0 N–H and O–H groups in total. The first kappa shape index (κ1) is 17.0. The lowest BCUT2D eigenvalue weighted by molar-refractivity contribution is -0.221. The molecule has 5 nitrogen and oxygen atoms in total. The molecular formula is C15H14F3NO4. The monoisotopic (exact) mass is 329 g/mol. The third-order valence-corrected chi connectivity index (χ3v) is 3.40. The van der Waals surface area contributed by atoms with Crippen LogP contribution in [0, 0.1) is 0 Å². The standard InChI is InChI=1S/C15H14F3NO4/c1-9(20)23-12(15(16,17)18)7-4-8-19-13(21)10-5-2-3-6-11(10)14(19)22/h2-3,5-6,12H,4,7-8H2,1H3. The summed E-state index contributed by atoms with van der Waals surface area (Å²) in [5.74, 6) is -2.09. The topological polar surface area (TPSA) is 63.7 Å². The number of rotatable bonds is 5. The molecule has 1 aliphatic heterocycles. The number of carbonyl (C=O) groups is 3. The molecular weight excluding hydrogens is 315 g/mol. The van der Waals surface area contributed by atoms with Gasteiger partial charge in [0, 0.05) is 13.5 Å². The number of alkyl halides is 3. The van der Waals surface area contributed by atoms with E-state index in [4.69, 9.17) is 0 Å². The number of imide groups is 1. The van der Waals surface area contributed by atoms with Crippen molar-refractivity contribution in [2.45, 2.75) is 32.0 Å². The smallest absolute Gasteiger partial charge is 0.425 e. The molecule has 0 radical (unpaired) electrons. The quantitative estimate of drug-likeness (QED) is 0.615. The summed E-state index contributed by atoms with van der Waals surface area (Å²) in [7, 11) is 0. The van der Waals surface area contributed by atoms with Gasteiger partial charge in [-0.3, -0.25) is 19.3 Å². The molecule has 23 heavy (non-hydrogen) atoms. The average molecular weight is 329 g/mol. The zero-order valence-corrected chi connectivity index (χ0v) is 12.2. The molecule has 1 unspecified atom stereocenters. The molecule has 0 fully saturated rings. The number of benzene rings is 1. The van der Waals surface area contributed by atoms with Crippen LogP contribution in [0.2, 0.25) is 0 Å². The van der Waals surface area contributed by atoms with Gasteiger partial charge in [0.1, 0.15) is 0 Å². The average Bonchev–Trinajstić information content (AvgIpc) is 2.70. The molecule has 1 atom stereocenters. The first-order valence-electron chi connectivity index (χ1n) is 6.91. The van der Waals surface area contributed by atoms with Crippen LogP contribution in [-0.2, 0) is 9.53 Å². The van der Waals surface area contributed by atoms with E-state index in [-0.39, 0.29) is 24.1 Å². The second-order valence-electron chi connectivity index (χ2n) is 5.09. The molecule has 1 aliphatic rings. The summed E-state index contributed by atoms with van der Waals surface area (Å²) in [4.78, 5) is 35.8. The SMILES string of the molecule is CC(=O)OC(CCCN1C(=O)c2ccccc2C1=O)C(F)(F)F. The maximum Gasteiger partial charge on any atom is 0.425 e. The molecule has 124 valence electrons. The molecule has 1 aromatic rings. The minimum atomic E-state index is -4.69. The summed E-state index contributed by atoms with van der Waals surface area (Å²) in [6, 6.07) is 6.20. The molecule has 1 heterocycles. The van der Waals surface area contributed by atoms with Crippen LogP contribution in [0.25, 0.3) is 0 Å². The van der Waals surface area contributed by atoms with Crippen LogP contribution in [0.15, 0.2) is 24.3 Å². The molecule has 0 saturated carbocycles. The van der Waals surface area contributed by atoms with Crippen LogP contribution in [0.4, 0.5) is 13.2 Å². The van der Waals surface area contributed by atoms with Crippen LogP contribution in [0.1, 0.15) is 40.5 Å². The molecule has 8 heteroatoms. The summed E-state index contributed by atoms with van der Waals surface area (Å²) in [6.45, 7) is 0.725. The Hall–Kier alpha value is -2.38. The maximum absolute atomic E-state index is 12.7. The normalized spacial score (nSPS) is 15.6. The largest absolute Gasteiger partial charge is 0.453 e. The number of halogens is 3.